The van der Waals surface area contributed by atoms with Gasteiger partial charge in [-0.25, -0.2) is 0 Å². The van der Waals surface area contributed by atoms with E-state index in [1.54, 1.807) is 0 Å². The number of thiol groups is 1. The number of carbonyl (C=O) groups excluding carboxylic acids is 3. The van der Waals surface area contributed by atoms with Crippen LogP contribution in [0.25, 0.3) is 0 Å². The van der Waals surface area contributed by atoms with Gasteiger partial charge in [-0.05, 0) is 13.8 Å². The molecule has 0 aromatic rings. The number of carboxylic acid groups (broad SMARTS) is 1. The van der Waals surface area contributed by atoms with Crippen molar-refractivity contribution in [3.05, 3.63) is 0 Å². The quantitative estimate of drug-likeness (QED) is 0.498. The SMILES string of the molecule is CC(=O)C(C(=O)O)C(C(C)=O)C(=O)S. The number of hydrogen-bond donors (Lipinski definition) is 2. The maximum absolute atomic E-state index is 11.0. The summed E-state index contributed by atoms with van der Waals surface area (Å²) >= 11 is 3.39. The first-order valence-corrected chi connectivity index (χ1v) is 4.20. The predicted octanol–water partition coefficient (Wildman–Crippen LogP) is -0.0622. The van der Waals surface area contributed by atoms with Gasteiger partial charge in [-0.3, -0.25) is 19.2 Å². The highest BCUT2D eigenvalue weighted by Crippen LogP contribution is 2.18. The van der Waals surface area contributed by atoms with Crippen molar-refractivity contribution in [2.45, 2.75) is 13.8 Å². The Morgan fingerprint density at radius 3 is 1.43 bits per heavy atom. The molecule has 0 spiro atoms. The van der Waals surface area contributed by atoms with E-state index >= 15 is 0 Å². The van der Waals surface area contributed by atoms with Gasteiger partial charge in [0.1, 0.15) is 23.4 Å². The number of ketones is 2. The summed E-state index contributed by atoms with van der Waals surface area (Å²) in [6.45, 7) is 2.07. The number of hydrogen-bond acceptors (Lipinski definition) is 4. The van der Waals surface area contributed by atoms with E-state index in [2.05, 4.69) is 12.6 Å². The molecule has 0 rings (SSSR count). The number of aliphatic carboxylic acids is 1. The van der Waals surface area contributed by atoms with Crippen LogP contribution >= 0.6 is 12.6 Å². The maximum atomic E-state index is 11.0. The molecule has 0 fully saturated rings. The molecule has 14 heavy (non-hydrogen) atoms. The van der Waals surface area contributed by atoms with Crippen LogP contribution in [0.2, 0.25) is 0 Å². The summed E-state index contributed by atoms with van der Waals surface area (Å²) in [4.78, 5) is 43.4. The summed E-state index contributed by atoms with van der Waals surface area (Å²) in [5.74, 6) is -6.02. The summed E-state index contributed by atoms with van der Waals surface area (Å²) in [7, 11) is 0. The van der Waals surface area contributed by atoms with Gasteiger partial charge in [0, 0.05) is 0 Å². The van der Waals surface area contributed by atoms with E-state index in [-0.39, 0.29) is 0 Å². The fourth-order valence-corrected chi connectivity index (χ4v) is 1.43. The topological polar surface area (TPSA) is 88.5 Å². The minimum atomic E-state index is -1.63. The van der Waals surface area contributed by atoms with Crippen molar-refractivity contribution < 1.29 is 24.3 Å². The Labute approximate surface area is 85.9 Å². The highest BCUT2D eigenvalue weighted by atomic mass is 32.1. The summed E-state index contributed by atoms with van der Waals surface area (Å²) in [6, 6.07) is 0. The van der Waals surface area contributed by atoms with E-state index in [1.165, 1.54) is 0 Å². The zero-order valence-corrected chi connectivity index (χ0v) is 8.58. The summed E-state index contributed by atoms with van der Waals surface area (Å²) < 4.78 is 0. The van der Waals surface area contributed by atoms with Crippen LogP contribution in [0.1, 0.15) is 13.8 Å². The first-order chi connectivity index (χ1) is 6.29. The van der Waals surface area contributed by atoms with Crippen LogP contribution in [0.3, 0.4) is 0 Å². The summed E-state index contributed by atoms with van der Waals surface area (Å²) in [6.07, 6.45) is 0. The van der Waals surface area contributed by atoms with Crippen LogP contribution in [0, 0.1) is 11.8 Å². The molecule has 2 unspecified atom stereocenters. The largest absolute Gasteiger partial charge is 0.481 e. The van der Waals surface area contributed by atoms with Crippen LogP contribution in [0.15, 0.2) is 0 Å². The number of rotatable bonds is 5. The minimum absolute atomic E-state index is 0.674. The molecular formula is C8H10O5S. The van der Waals surface area contributed by atoms with Crippen LogP contribution in [0.4, 0.5) is 0 Å². The molecule has 0 aromatic carbocycles. The third-order valence-corrected chi connectivity index (χ3v) is 2.02. The molecule has 1 N–H and O–H groups in total. The second-order valence-electron chi connectivity index (χ2n) is 2.85. The minimum Gasteiger partial charge on any atom is -0.481 e. The Hall–Kier alpha value is -1.17. The first kappa shape index (κ1) is 12.8. The molecule has 6 heteroatoms. The van der Waals surface area contributed by atoms with Gasteiger partial charge in [0.25, 0.3) is 0 Å². The Kier molecular flexibility index (Phi) is 4.49. The van der Waals surface area contributed by atoms with Gasteiger partial charge in [0.15, 0.2) is 5.12 Å². The molecule has 0 radical (unpaired) electrons. The summed E-state index contributed by atoms with van der Waals surface area (Å²) in [5, 5.41) is 7.75. The average Bonchev–Trinajstić information content (AvgIpc) is 1.96. The van der Waals surface area contributed by atoms with Crippen molar-refractivity contribution >= 4 is 35.3 Å². The number of carboxylic acids is 1. The lowest BCUT2D eigenvalue weighted by atomic mass is 9.87. The normalized spacial score (nSPS) is 14.2. The molecule has 0 heterocycles. The van der Waals surface area contributed by atoms with Crippen molar-refractivity contribution in [1.82, 2.24) is 0 Å². The molecule has 0 aliphatic heterocycles. The van der Waals surface area contributed by atoms with Crippen LogP contribution < -0.4 is 0 Å². The zero-order chi connectivity index (χ0) is 11.5. The molecule has 5 nitrogen and oxygen atoms in total. The second kappa shape index (κ2) is 4.90. The Bertz CT molecular complexity index is 238. The molecule has 0 saturated carbocycles. The van der Waals surface area contributed by atoms with E-state index in [0.717, 1.165) is 13.8 Å². The molecule has 0 aliphatic carbocycles. The lowest BCUT2D eigenvalue weighted by Gasteiger charge is -2.15. The third-order valence-electron chi connectivity index (χ3n) is 1.74. The standard InChI is InChI=1S/C8H10O5S/c1-3(9)5(7(11)12)6(4(2)10)8(13)14/h5-6H,1-2H3,(H,11,12)(H,13,14). The lowest BCUT2D eigenvalue weighted by Crippen LogP contribution is -2.37. The molecule has 0 amide bonds. The molecular weight excluding hydrogens is 208 g/mol. The second-order valence-corrected chi connectivity index (χ2v) is 3.29. The fourth-order valence-electron chi connectivity index (χ4n) is 1.10. The smallest absolute Gasteiger partial charge is 0.315 e. The van der Waals surface area contributed by atoms with Crippen LogP contribution in [0.5, 0.6) is 0 Å². The van der Waals surface area contributed by atoms with E-state index in [0.29, 0.717) is 0 Å². The maximum Gasteiger partial charge on any atom is 0.315 e. The molecule has 0 bridgehead atoms. The van der Waals surface area contributed by atoms with E-state index < -0.39 is 34.5 Å². The molecule has 0 aliphatic rings. The highest BCUT2D eigenvalue weighted by molar-refractivity contribution is 7.96. The van der Waals surface area contributed by atoms with Crippen molar-refractivity contribution in [3.8, 4) is 0 Å². The number of Topliss-reactive ketones (excluding diaryl/α,β-unsaturated/α-hetero) is 2. The van der Waals surface area contributed by atoms with Gasteiger partial charge in [0.2, 0.25) is 0 Å². The fraction of sp³-hybridized carbons (Fsp3) is 0.500. The molecule has 0 aromatic heterocycles. The Morgan fingerprint density at radius 1 is 1.00 bits per heavy atom. The highest BCUT2D eigenvalue weighted by Gasteiger charge is 2.38. The van der Waals surface area contributed by atoms with Gasteiger partial charge >= 0.3 is 5.97 Å². The molecule has 78 valence electrons. The first-order valence-electron chi connectivity index (χ1n) is 3.75. The van der Waals surface area contributed by atoms with Gasteiger partial charge in [-0.2, -0.15) is 0 Å². The van der Waals surface area contributed by atoms with Gasteiger partial charge in [-0.15, -0.1) is 12.6 Å². The van der Waals surface area contributed by atoms with E-state index in [9.17, 15) is 19.2 Å². The van der Waals surface area contributed by atoms with Crippen molar-refractivity contribution in [3.63, 3.8) is 0 Å². The van der Waals surface area contributed by atoms with Crippen LogP contribution in [-0.4, -0.2) is 27.8 Å². The molecule has 2 atom stereocenters. The van der Waals surface area contributed by atoms with Gasteiger partial charge in [-0.1, -0.05) is 0 Å². The van der Waals surface area contributed by atoms with Crippen molar-refractivity contribution in [1.29, 1.82) is 0 Å². The average molecular weight is 218 g/mol. The van der Waals surface area contributed by atoms with E-state index in [1.807, 2.05) is 0 Å². The van der Waals surface area contributed by atoms with Gasteiger partial charge < -0.3 is 5.11 Å². The molecule has 0 saturated heterocycles. The van der Waals surface area contributed by atoms with Gasteiger partial charge in [0.05, 0.1) is 0 Å². The monoisotopic (exact) mass is 218 g/mol. The Balaban J connectivity index is 5.13. The lowest BCUT2D eigenvalue weighted by molar-refractivity contribution is -0.152. The van der Waals surface area contributed by atoms with Crippen molar-refractivity contribution in [2.24, 2.45) is 11.8 Å². The predicted molar refractivity (Wildman–Crippen MR) is 50.0 cm³/mol. The Morgan fingerprint density at radius 2 is 1.36 bits per heavy atom. The third kappa shape index (κ3) is 2.95. The summed E-state index contributed by atoms with van der Waals surface area (Å²) in [5.41, 5.74) is 0. The zero-order valence-electron chi connectivity index (χ0n) is 7.68. The van der Waals surface area contributed by atoms with Crippen LogP contribution in [-0.2, 0) is 19.2 Å². The van der Waals surface area contributed by atoms with E-state index in [4.69, 9.17) is 5.11 Å². The number of carbonyl (C=O) groups is 4. The van der Waals surface area contributed by atoms with Crippen molar-refractivity contribution in [2.75, 3.05) is 0 Å².